The molecular weight excluding hydrogens is 414 g/mol. The van der Waals surface area contributed by atoms with E-state index in [9.17, 15) is 24.5 Å². The highest BCUT2D eigenvalue weighted by molar-refractivity contribution is 6.30. The maximum absolute atomic E-state index is 13.0. The van der Waals surface area contributed by atoms with Crippen molar-refractivity contribution in [3.63, 3.8) is 0 Å². The minimum absolute atomic E-state index is 0.0415. The fraction of sp³-hybridized carbons (Fsp3) is 0.526. The van der Waals surface area contributed by atoms with Crippen LogP contribution in [0.25, 0.3) is 0 Å². The van der Waals surface area contributed by atoms with Crippen molar-refractivity contribution < 1.29 is 19.3 Å². The molecule has 4 amide bonds. The van der Waals surface area contributed by atoms with Crippen LogP contribution in [0.3, 0.4) is 0 Å². The van der Waals surface area contributed by atoms with E-state index in [-0.39, 0.29) is 23.4 Å². The van der Waals surface area contributed by atoms with Gasteiger partial charge in [0.1, 0.15) is 11.2 Å². The van der Waals surface area contributed by atoms with Gasteiger partial charge in [0.25, 0.3) is 11.6 Å². The summed E-state index contributed by atoms with van der Waals surface area (Å²) >= 11 is 5.89. The number of halogens is 1. The lowest BCUT2D eigenvalue weighted by molar-refractivity contribution is -0.384. The standard InChI is InChI=1S/C19H22ClN5O5/c20-13-1-2-14(15(11-13)25(29)30)23-7-9-24(10-8-23)16(26)12-3-5-19(6-4-12)17(27)21-18(28)22-19/h1-2,11-12H,3-10H2,(H2,21,22,27,28). The number of imide groups is 1. The summed E-state index contributed by atoms with van der Waals surface area (Å²) in [4.78, 5) is 51.0. The first kappa shape index (κ1) is 20.4. The zero-order valence-electron chi connectivity index (χ0n) is 16.2. The topological polar surface area (TPSA) is 125 Å². The van der Waals surface area contributed by atoms with Crippen molar-refractivity contribution in [2.45, 2.75) is 31.2 Å². The van der Waals surface area contributed by atoms with Crippen LogP contribution in [0.5, 0.6) is 0 Å². The summed E-state index contributed by atoms with van der Waals surface area (Å²) in [5.74, 6) is -0.450. The van der Waals surface area contributed by atoms with Gasteiger partial charge in [-0.1, -0.05) is 11.6 Å². The van der Waals surface area contributed by atoms with E-state index >= 15 is 0 Å². The molecule has 0 unspecified atom stereocenters. The van der Waals surface area contributed by atoms with Crippen molar-refractivity contribution >= 4 is 40.8 Å². The van der Waals surface area contributed by atoms with Crippen LogP contribution in [0, 0.1) is 16.0 Å². The Morgan fingerprint density at radius 2 is 1.83 bits per heavy atom. The minimum atomic E-state index is -0.875. The van der Waals surface area contributed by atoms with E-state index in [0.29, 0.717) is 62.6 Å². The Morgan fingerprint density at radius 3 is 2.40 bits per heavy atom. The zero-order chi connectivity index (χ0) is 21.5. The third-order valence-electron chi connectivity index (χ3n) is 6.27. The van der Waals surface area contributed by atoms with Gasteiger partial charge in [0.05, 0.1) is 4.92 Å². The van der Waals surface area contributed by atoms with E-state index in [4.69, 9.17) is 11.6 Å². The Bertz CT molecular complexity index is 907. The summed E-state index contributed by atoms with van der Waals surface area (Å²) in [7, 11) is 0. The molecule has 2 saturated heterocycles. The van der Waals surface area contributed by atoms with Crippen molar-refractivity contribution in [2.24, 2.45) is 5.92 Å². The van der Waals surface area contributed by atoms with Gasteiger partial charge < -0.3 is 15.1 Å². The van der Waals surface area contributed by atoms with Crippen molar-refractivity contribution in [3.8, 4) is 0 Å². The number of hydrogen-bond acceptors (Lipinski definition) is 6. The largest absolute Gasteiger partial charge is 0.362 e. The molecule has 11 heteroatoms. The number of rotatable bonds is 3. The highest BCUT2D eigenvalue weighted by atomic mass is 35.5. The Hall–Kier alpha value is -2.88. The molecule has 160 valence electrons. The van der Waals surface area contributed by atoms with Gasteiger partial charge in [0, 0.05) is 43.2 Å². The molecule has 3 fully saturated rings. The van der Waals surface area contributed by atoms with Crippen LogP contribution >= 0.6 is 11.6 Å². The average molecular weight is 436 g/mol. The van der Waals surface area contributed by atoms with Crippen molar-refractivity contribution in [3.05, 3.63) is 33.3 Å². The molecule has 0 atom stereocenters. The van der Waals surface area contributed by atoms with Crippen LogP contribution in [0.15, 0.2) is 18.2 Å². The van der Waals surface area contributed by atoms with Gasteiger partial charge in [0.2, 0.25) is 5.91 Å². The second-order valence-corrected chi connectivity index (χ2v) is 8.40. The van der Waals surface area contributed by atoms with Crippen LogP contribution in [-0.4, -0.2) is 59.4 Å². The summed E-state index contributed by atoms with van der Waals surface area (Å²) in [5.41, 5.74) is -0.420. The molecule has 2 aliphatic heterocycles. The fourth-order valence-electron chi connectivity index (χ4n) is 4.57. The zero-order valence-corrected chi connectivity index (χ0v) is 17.0. The maximum Gasteiger partial charge on any atom is 0.322 e. The number of hydrogen-bond donors (Lipinski definition) is 2. The van der Waals surface area contributed by atoms with Crippen LogP contribution < -0.4 is 15.5 Å². The molecule has 4 rings (SSSR count). The van der Waals surface area contributed by atoms with Gasteiger partial charge in [0.15, 0.2) is 0 Å². The first-order valence-corrected chi connectivity index (χ1v) is 10.3. The monoisotopic (exact) mass is 435 g/mol. The number of anilines is 1. The second-order valence-electron chi connectivity index (χ2n) is 7.97. The van der Waals surface area contributed by atoms with Crippen LogP contribution in [0.2, 0.25) is 5.02 Å². The van der Waals surface area contributed by atoms with Crippen LogP contribution in [-0.2, 0) is 9.59 Å². The summed E-state index contributed by atoms with van der Waals surface area (Å²) in [6.45, 7) is 1.92. The van der Waals surface area contributed by atoms with E-state index in [1.807, 2.05) is 4.90 Å². The maximum atomic E-state index is 13.0. The molecule has 0 aromatic heterocycles. The number of carbonyl (C=O) groups is 3. The summed E-state index contributed by atoms with van der Waals surface area (Å²) in [6.07, 6.45) is 1.96. The Labute approximate surface area is 177 Å². The van der Waals surface area contributed by atoms with Gasteiger partial charge in [-0.05, 0) is 37.8 Å². The van der Waals surface area contributed by atoms with E-state index in [2.05, 4.69) is 10.6 Å². The lowest BCUT2D eigenvalue weighted by Gasteiger charge is -2.39. The lowest BCUT2D eigenvalue weighted by Crippen LogP contribution is -2.53. The highest BCUT2D eigenvalue weighted by Gasteiger charge is 2.49. The van der Waals surface area contributed by atoms with Gasteiger partial charge in [-0.2, -0.15) is 0 Å². The summed E-state index contributed by atoms with van der Waals surface area (Å²) < 4.78 is 0. The normalized spacial score (nSPS) is 26.5. The number of piperazine rings is 1. The minimum Gasteiger partial charge on any atom is -0.362 e. The van der Waals surface area contributed by atoms with Gasteiger partial charge >= 0.3 is 6.03 Å². The predicted molar refractivity (Wildman–Crippen MR) is 108 cm³/mol. The molecule has 10 nitrogen and oxygen atoms in total. The number of carbonyl (C=O) groups excluding carboxylic acids is 3. The SMILES string of the molecule is O=C1NC(=O)C2(CCC(C(=O)N3CCN(c4ccc(Cl)cc4[N+](=O)[O-])CC3)CC2)N1. The lowest BCUT2D eigenvalue weighted by atomic mass is 9.76. The van der Waals surface area contributed by atoms with Crippen molar-refractivity contribution in [1.29, 1.82) is 0 Å². The Balaban J connectivity index is 1.35. The van der Waals surface area contributed by atoms with E-state index in [0.717, 1.165) is 0 Å². The number of benzene rings is 1. The fourth-order valence-corrected chi connectivity index (χ4v) is 4.74. The third kappa shape index (κ3) is 3.67. The molecule has 30 heavy (non-hydrogen) atoms. The Kier molecular flexibility index (Phi) is 5.27. The Morgan fingerprint density at radius 1 is 1.17 bits per heavy atom. The molecule has 1 saturated carbocycles. The van der Waals surface area contributed by atoms with Gasteiger partial charge in [-0.15, -0.1) is 0 Å². The average Bonchev–Trinajstić information content (AvgIpc) is 3.00. The van der Waals surface area contributed by atoms with E-state index < -0.39 is 16.5 Å². The molecular formula is C19H22ClN5O5. The third-order valence-corrected chi connectivity index (χ3v) is 6.50. The first-order chi connectivity index (χ1) is 14.3. The number of nitrogens with one attached hydrogen (secondary N) is 2. The molecule has 0 radical (unpaired) electrons. The molecule has 3 aliphatic rings. The highest BCUT2D eigenvalue weighted by Crippen LogP contribution is 2.36. The second kappa shape index (κ2) is 7.75. The number of nitrogens with zero attached hydrogens (tertiary/aromatic N) is 3. The molecule has 1 aromatic rings. The van der Waals surface area contributed by atoms with Crippen LogP contribution in [0.1, 0.15) is 25.7 Å². The van der Waals surface area contributed by atoms with E-state index in [1.54, 1.807) is 17.0 Å². The number of amides is 4. The predicted octanol–water partition coefficient (Wildman–Crippen LogP) is 1.67. The summed E-state index contributed by atoms with van der Waals surface area (Å²) in [5, 5.41) is 16.6. The molecule has 2 N–H and O–H groups in total. The number of nitro groups is 1. The van der Waals surface area contributed by atoms with Gasteiger partial charge in [-0.25, -0.2) is 4.79 Å². The van der Waals surface area contributed by atoms with Crippen molar-refractivity contribution in [2.75, 3.05) is 31.1 Å². The quantitative estimate of drug-likeness (QED) is 0.422. The molecule has 1 aliphatic carbocycles. The number of nitro benzene ring substituents is 1. The molecule has 1 spiro atoms. The number of urea groups is 1. The molecule has 0 bridgehead atoms. The van der Waals surface area contributed by atoms with Crippen molar-refractivity contribution in [1.82, 2.24) is 15.5 Å². The van der Waals surface area contributed by atoms with E-state index in [1.165, 1.54) is 6.07 Å². The smallest absolute Gasteiger partial charge is 0.322 e. The van der Waals surface area contributed by atoms with Crippen LogP contribution in [0.4, 0.5) is 16.2 Å². The first-order valence-electron chi connectivity index (χ1n) is 9.90. The van der Waals surface area contributed by atoms with Gasteiger partial charge in [-0.3, -0.25) is 25.0 Å². The molecule has 2 heterocycles. The summed E-state index contributed by atoms with van der Waals surface area (Å²) in [6, 6.07) is 4.12. The molecule has 1 aromatic carbocycles.